The molecule has 9 heteroatoms. The molecule has 4 rings (SSSR count). The molecule has 0 bridgehead atoms. The van der Waals surface area contributed by atoms with E-state index in [1.54, 1.807) is 19.3 Å². The number of halogens is 2. The second kappa shape index (κ2) is 10.2. The number of nitrogens with zero attached hydrogens (tertiary/aromatic N) is 4. The molecule has 3 heterocycles. The fraction of sp³-hybridized carbons (Fsp3) is 0.423. The van der Waals surface area contributed by atoms with Crippen LogP contribution in [0.25, 0.3) is 22.3 Å². The van der Waals surface area contributed by atoms with Crippen LogP contribution in [0.4, 0.5) is 4.39 Å². The lowest BCUT2D eigenvalue weighted by Gasteiger charge is -2.25. The van der Waals surface area contributed by atoms with Crippen molar-refractivity contribution >= 4 is 22.8 Å². The molecular formula is C26H31ClFN5O2. The Hall–Kier alpha value is -3.13. The Kier molecular flexibility index (Phi) is 7.31. The molecule has 1 N–H and O–H groups in total. The van der Waals surface area contributed by atoms with Gasteiger partial charge in [0.15, 0.2) is 11.8 Å². The van der Waals surface area contributed by atoms with E-state index in [1.807, 2.05) is 30.8 Å². The molecule has 0 aliphatic carbocycles. The fourth-order valence-electron chi connectivity index (χ4n) is 4.29. The van der Waals surface area contributed by atoms with Gasteiger partial charge in [0, 0.05) is 40.7 Å². The molecular weight excluding hydrogens is 469 g/mol. The number of aromatic amines is 1. The molecule has 0 saturated carbocycles. The van der Waals surface area contributed by atoms with Crippen LogP contribution in [0.15, 0.2) is 41.6 Å². The molecule has 0 spiro atoms. The lowest BCUT2D eigenvalue weighted by atomic mass is 9.95. The predicted octanol–water partition coefficient (Wildman–Crippen LogP) is 5.95. The van der Waals surface area contributed by atoms with Gasteiger partial charge in [-0.2, -0.15) is 5.10 Å². The van der Waals surface area contributed by atoms with Gasteiger partial charge in [0.1, 0.15) is 11.3 Å². The molecule has 0 saturated heterocycles. The second-order valence-corrected chi connectivity index (χ2v) is 9.69. The van der Waals surface area contributed by atoms with Gasteiger partial charge in [0.05, 0.1) is 6.20 Å². The van der Waals surface area contributed by atoms with Crippen molar-refractivity contribution in [1.29, 1.82) is 0 Å². The summed E-state index contributed by atoms with van der Waals surface area (Å²) in [5.41, 5.74) is 3.04. The van der Waals surface area contributed by atoms with Crippen LogP contribution < -0.4 is 10.5 Å². The number of rotatable bonds is 9. The third-order valence-electron chi connectivity index (χ3n) is 6.57. The molecule has 0 aliphatic heterocycles. The topological polar surface area (TPSA) is 77.7 Å². The van der Waals surface area contributed by atoms with Crippen molar-refractivity contribution in [1.82, 2.24) is 24.5 Å². The van der Waals surface area contributed by atoms with E-state index in [0.717, 1.165) is 30.5 Å². The zero-order valence-corrected chi connectivity index (χ0v) is 21.4. The van der Waals surface area contributed by atoms with Crippen LogP contribution in [0.5, 0.6) is 0 Å². The van der Waals surface area contributed by atoms with Gasteiger partial charge in [-0.25, -0.2) is 14.2 Å². The number of hydrogen-bond donors (Lipinski definition) is 1. The summed E-state index contributed by atoms with van der Waals surface area (Å²) in [6, 6.07) is 4.68. The summed E-state index contributed by atoms with van der Waals surface area (Å²) in [7, 11) is 0. The first-order valence-corrected chi connectivity index (χ1v) is 12.4. The summed E-state index contributed by atoms with van der Waals surface area (Å²) in [5.74, 6) is 0.0984. The van der Waals surface area contributed by atoms with Crippen molar-refractivity contribution in [2.75, 3.05) is 0 Å². The van der Waals surface area contributed by atoms with E-state index in [4.69, 9.17) is 16.4 Å². The summed E-state index contributed by atoms with van der Waals surface area (Å²) in [5, 5.41) is 4.89. The number of benzene rings is 1. The minimum absolute atomic E-state index is 0.0932. The Balaban J connectivity index is 1.72. The predicted molar refractivity (Wildman–Crippen MR) is 136 cm³/mol. The smallest absolute Gasteiger partial charge is 0.360 e. The third-order valence-corrected chi connectivity index (χ3v) is 6.90. The maximum atomic E-state index is 14.4. The highest BCUT2D eigenvalue weighted by atomic mass is 35.5. The lowest BCUT2D eigenvalue weighted by Crippen LogP contribution is -2.30. The van der Waals surface area contributed by atoms with E-state index in [-0.39, 0.29) is 11.7 Å². The first-order valence-electron chi connectivity index (χ1n) is 12.0. The van der Waals surface area contributed by atoms with Crippen molar-refractivity contribution in [2.24, 2.45) is 11.8 Å². The van der Waals surface area contributed by atoms with Gasteiger partial charge in [-0.15, -0.1) is 4.73 Å². The zero-order valence-electron chi connectivity index (χ0n) is 20.7. The Bertz CT molecular complexity index is 1390. The van der Waals surface area contributed by atoms with Crippen LogP contribution in [0.3, 0.4) is 0 Å². The number of imidazole rings is 1. The highest BCUT2D eigenvalue weighted by Crippen LogP contribution is 2.34. The number of aromatic nitrogens is 5. The molecule has 1 atom stereocenters. The van der Waals surface area contributed by atoms with E-state index in [2.05, 4.69) is 28.9 Å². The monoisotopic (exact) mass is 499 g/mol. The standard InChI is InChI=1S/C26H31ClFN5O2/c1-6-17(7-2)13-32-14-19(12-30-32)18-10-22-25(29-11-18)31-26(34)33(22)35-24(15(3)4)23-16(5)21(28)9-8-20(23)27/h8-12,14-15,17,24H,6-7,13H2,1-5H3,(H,29,31,34). The first kappa shape index (κ1) is 25.0. The van der Waals surface area contributed by atoms with Gasteiger partial charge in [0.2, 0.25) is 0 Å². The molecule has 0 fully saturated rings. The van der Waals surface area contributed by atoms with E-state index in [1.165, 1.54) is 16.9 Å². The minimum atomic E-state index is -0.652. The Morgan fingerprint density at radius 3 is 2.60 bits per heavy atom. The number of fused-ring (bicyclic) bond motifs is 1. The van der Waals surface area contributed by atoms with Crippen LogP contribution in [0.1, 0.15) is 57.8 Å². The molecule has 4 aromatic rings. The summed E-state index contributed by atoms with van der Waals surface area (Å²) >= 11 is 6.44. The van der Waals surface area contributed by atoms with E-state index >= 15 is 0 Å². The van der Waals surface area contributed by atoms with Gasteiger partial charge >= 0.3 is 5.69 Å². The number of H-pyrrole nitrogens is 1. The number of hydrogen-bond acceptors (Lipinski definition) is 4. The minimum Gasteiger partial charge on any atom is -0.400 e. The van der Waals surface area contributed by atoms with E-state index in [0.29, 0.717) is 33.2 Å². The van der Waals surface area contributed by atoms with Crippen LogP contribution in [0.2, 0.25) is 5.02 Å². The average molecular weight is 500 g/mol. The zero-order chi connectivity index (χ0) is 25.3. The maximum absolute atomic E-state index is 14.4. The summed E-state index contributed by atoms with van der Waals surface area (Å²) in [4.78, 5) is 26.2. The van der Waals surface area contributed by atoms with Crippen LogP contribution >= 0.6 is 11.6 Å². The number of nitrogens with one attached hydrogen (secondary N) is 1. The van der Waals surface area contributed by atoms with Crippen LogP contribution in [-0.4, -0.2) is 24.5 Å². The molecule has 0 radical (unpaired) electrons. The van der Waals surface area contributed by atoms with Crippen molar-refractivity contribution in [3.8, 4) is 11.1 Å². The third kappa shape index (κ3) is 4.98. The Labute approximate surface area is 208 Å². The van der Waals surface area contributed by atoms with Gasteiger partial charge < -0.3 is 4.84 Å². The van der Waals surface area contributed by atoms with Crippen LogP contribution in [0, 0.1) is 24.6 Å². The van der Waals surface area contributed by atoms with Gasteiger partial charge in [-0.3, -0.25) is 9.67 Å². The SMILES string of the molecule is CCC(CC)Cn1cc(-c2cnc3[nH]c(=O)n(OC(c4c(Cl)ccc(F)c4C)C(C)C)c3c2)cn1. The molecule has 1 unspecified atom stereocenters. The summed E-state index contributed by atoms with van der Waals surface area (Å²) in [6.45, 7) is 10.7. The highest BCUT2D eigenvalue weighted by Gasteiger charge is 2.26. The molecule has 3 aromatic heterocycles. The quantitative estimate of drug-likeness (QED) is 0.308. The van der Waals surface area contributed by atoms with Crippen molar-refractivity contribution in [3.63, 3.8) is 0 Å². The molecule has 0 aliphatic rings. The van der Waals surface area contributed by atoms with Gasteiger partial charge in [0.25, 0.3) is 0 Å². The normalized spacial score (nSPS) is 12.7. The van der Waals surface area contributed by atoms with Crippen molar-refractivity contribution < 1.29 is 9.23 Å². The average Bonchev–Trinajstić information content (AvgIpc) is 3.42. The van der Waals surface area contributed by atoms with E-state index < -0.39 is 11.8 Å². The van der Waals surface area contributed by atoms with Gasteiger partial charge in [-0.05, 0) is 42.5 Å². The van der Waals surface area contributed by atoms with Crippen molar-refractivity contribution in [3.05, 3.63) is 69.2 Å². The largest absolute Gasteiger partial charge is 0.400 e. The Morgan fingerprint density at radius 1 is 1.17 bits per heavy atom. The summed E-state index contributed by atoms with van der Waals surface area (Å²) < 4.78 is 17.5. The second-order valence-electron chi connectivity index (χ2n) is 9.29. The lowest BCUT2D eigenvalue weighted by molar-refractivity contribution is 0.00834. The molecule has 186 valence electrons. The molecule has 35 heavy (non-hydrogen) atoms. The maximum Gasteiger partial charge on any atom is 0.360 e. The van der Waals surface area contributed by atoms with E-state index in [9.17, 15) is 9.18 Å². The highest BCUT2D eigenvalue weighted by molar-refractivity contribution is 6.31. The van der Waals surface area contributed by atoms with Crippen LogP contribution in [-0.2, 0) is 6.54 Å². The summed E-state index contributed by atoms with van der Waals surface area (Å²) in [6.07, 6.45) is 7.03. The molecule has 1 aromatic carbocycles. The fourth-order valence-corrected chi connectivity index (χ4v) is 4.60. The number of pyridine rings is 1. The van der Waals surface area contributed by atoms with Gasteiger partial charge in [-0.1, -0.05) is 52.1 Å². The molecule has 0 amide bonds. The van der Waals surface area contributed by atoms with Crippen molar-refractivity contribution in [2.45, 2.75) is 60.1 Å². The Morgan fingerprint density at radius 2 is 1.91 bits per heavy atom. The first-order chi connectivity index (χ1) is 16.7. The molecule has 7 nitrogen and oxygen atoms in total.